The Morgan fingerprint density at radius 3 is 2.62 bits per heavy atom. The van der Waals surface area contributed by atoms with Crippen molar-refractivity contribution in [2.45, 2.75) is 13.8 Å². The number of rotatable bonds is 4. The lowest BCUT2D eigenvalue weighted by atomic mass is 9.87. The van der Waals surface area contributed by atoms with Crippen molar-refractivity contribution in [1.29, 1.82) is 0 Å². The van der Waals surface area contributed by atoms with E-state index in [1.54, 1.807) is 31.1 Å². The highest BCUT2D eigenvalue weighted by molar-refractivity contribution is 5.90. The second-order valence-corrected chi connectivity index (χ2v) is 5.41. The number of carboxylic acid groups (broad SMARTS) is 1. The maximum atomic E-state index is 12.0. The van der Waals surface area contributed by atoms with Crippen LogP contribution in [-0.2, 0) is 4.79 Å². The van der Waals surface area contributed by atoms with Crippen LogP contribution in [0.2, 0.25) is 0 Å². The summed E-state index contributed by atoms with van der Waals surface area (Å²) in [5.74, 6) is -0.429. The van der Waals surface area contributed by atoms with Crippen molar-refractivity contribution in [1.82, 2.24) is 4.90 Å². The first-order chi connectivity index (χ1) is 9.92. The summed E-state index contributed by atoms with van der Waals surface area (Å²) in [6.45, 7) is 4.54. The molecule has 1 unspecified atom stereocenters. The van der Waals surface area contributed by atoms with E-state index in [1.807, 2.05) is 13.0 Å². The molecule has 1 aromatic carbocycles. The average molecular weight is 292 g/mol. The molecule has 0 bridgehead atoms. The summed E-state index contributed by atoms with van der Waals surface area (Å²) in [6, 6.07) is 5.22. The fourth-order valence-electron chi connectivity index (χ4n) is 2.36. The van der Waals surface area contributed by atoms with E-state index in [9.17, 15) is 9.59 Å². The number of hydrogen-bond acceptors (Lipinski definition) is 3. The zero-order valence-corrected chi connectivity index (χ0v) is 12.4. The van der Waals surface area contributed by atoms with Gasteiger partial charge in [0.25, 0.3) is 0 Å². The number of benzene rings is 1. The van der Waals surface area contributed by atoms with Crippen molar-refractivity contribution in [3.63, 3.8) is 0 Å². The number of carbonyl (C=O) groups is 2. The maximum absolute atomic E-state index is 12.0. The Bertz CT molecular complexity index is 553. The summed E-state index contributed by atoms with van der Waals surface area (Å²) >= 11 is 0. The van der Waals surface area contributed by atoms with Gasteiger partial charge in [0.05, 0.1) is 13.0 Å². The fraction of sp³-hybridized carbons (Fsp3) is 0.467. The Balaban J connectivity index is 1.89. The number of aliphatic carboxylic acids is 1. The first kappa shape index (κ1) is 15.2. The molecule has 1 aromatic rings. The van der Waals surface area contributed by atoms with Crippen LogP contribution < -0.4 is 10.1 Å². The van der Waals surface area contributed by atoms with Gasteiger partial charge in [-0.15, -0.1) is 0 Å². The van der Waals surface area contributed by atoms with E-state index in [0.29, 0.717) is 18.8 Å². The molecule has 2 amide bonds. The smallest absolute Gasteiger partial charge is 0.321 e. The van der Waals surface area contributed by atoms with Crippen LogP contribution in [0, 0.1) is 18.8 Å². The highest BCUT2D eigenvalue weighted by Crippen LogP contribution is 2.26. The second kappa shape index (κ2) is 6.03. The van der Waals surface area contributed by atoms with Gasteiger partial charge >= 0.3 is 12.0 Å². The molecule has 1 fully saturated rings. The van der Waals surface area contributed by atoms with Crippen LogP contribution in [-0.4, -0.2) is 42.2 Å². The molecule has 0 spiro atoms. The van der Waals surface area contributed by atoms with Gasteiger partial charge in [-0.05, 0) is 30.7 Å². The first-order valence-corrected chi connectivity index (χ1v) is 6.85. The molecule has 1 aliphatic rings. The van der Waals surface area contributed by atoms with E-state index in [-0.39, 0.29) is 11.9 Å². The number of nitrogens with one attached hydrogen (secondary N) is 1. The third-order valence-electron chi connectivity index (χ3n) is 3.94. The number of carboxylic acids is 1. The van der Waals surface area contributed by atoms with Gasteiger partial charge in [0.15, 0.2) is 0 Å². The fourth-order valence-corrected chi connectivity index (χ4v) is 2.36. The highest BCUT2D eigenvalue weighted by Gasteiger charge is 2.37. The monoisotopic (exact) mass is 292 g/mol. The zero-order valence-electron chi connectivity index (χ0n) is 12.4. The van der Waals surface area contributed by atoms with Crippen molar-refractivity contribution < 1.29 is 19.4 Å². The van der Waals surface area contributed by atoms with Crippen LogP contribution in [0.3, 0.4) is 0 Å². The zero-order chi connectivity index (χ0) is 15.6. The van der Waals surface area contributed by atoms with Crippen molar-refractivity contribution in [3.05, 3.63) is 23.8 Å². The molecule has 0 saturated carbocycles. The van der Waals surface area contributed by atoms with Gasteiger partial charge in [0, 0.05) is 24.7 Å². The molecule has 2 rings (SSSR count). The number of anilines is 1. The molecule has 21 heavy (non-hydrogen) atoms. The Labute approximate surface area is 123 Å². The van der Waals surface area contributed by atoms with E-state index in [2.05, 4.69) is 5.32 Å². The molecule has 1 aliphatic heterocycles. The number of nitrogens with zero attached hydrogens (tertiary/aromatic N) is 1. The molecule has 1 heterocycles. The van der Waals surface area contributed by atoms with Crippen LogP contribution in [0.4, 0.5) is 10.5 Å². The molecule has 0 aliphatic carbocycles. The molecule has 1 atom stereocenters. The molecule has 6 heteroatoms. The number of hydrogen-bond donors (Lipinski definition) is 2. The quantitative estimate of drug-likeness (QED) is 0.891. The third-order valence-corrected chi connectivity index (χ3v) is 3.94. The lowest BCUT2D eigenvalue weighted by molar-refractivity contribution is -0.144. The summed E-state index contributed by atoms with van der Waals surface area (Å²) in [4.78, 5) is 24.5. The van der Waals surface area contributed by atoms with Crippen LogP contribution in [0.5, 0.6) is 5.75 Å². The Hall–Kier alpha value is -2.24. The molecule has 6 nitrogen and oxygen atoms in total. The Kier molecular flexibility index (Phi) is 4.35. The van der Waals surface area contributed by atoms with Gasteiger partial charge < -0.3 is 20.1 Å². The number of urea groups is 1. The van der Waals surface area contributed by atoms with Gasteiger partial charge in [0.2, 0.25) is 0 Å². The molecule has 1 saturated heterocycles. The highest BCUT2D eigenvalue weighted by atomic mass is 16.5. The van der Waals surface area contributed by atoms with Gasteiger partial charge in [-0.1, -0.05) is 6.92 Å². The summed E-state index contributed by atoms with van der Waals surface area (Å²) in [5, 5.41) is 11.7. The van der Waals surface area contributed by atoms with E-state index < -0.39 is 11.9 Å². The predicted molar refractivity (Wildman–Crippen MR) is 78.6 cm³/mol. The Morgan fingerprint density at radius 1 is 1.43 bits per heavy atom. The average Bonchev–Trinajstić information content (AvgIpc) is 2.36. The van der Waals surface area contributed by atoms with E-state index in [4.69, 9.17) is 9.84 Å². The number of carbonyl (C=O) groups excluding carboxylic acids is 1. The normalized spacial score (nSPS) is 16.0. The lowest BCUT2D eigenvalue weighted by Crippen LogP contribution is -2.54. The van der Waals surface area contributed by atoms with Gasteiger partial charge in [-0.3, -0.25) is 4.79 Å². The topological polar surface area (TPSA) is 78.9 Å². The first-order valence-electron chi connectivity index (χ1n) is 6.85. The number of amides is 2. The van der Waals surface area contributed by atoms with Gasteiger partial charge in [0.1, 0.15) is 5.75 Å². The summed E-state index contributed by atoms with van der Waals surface area (Å²) in [5.41, 5.74) is 1.64. The number of likely N-dealkylation sites (tertiary alicyclic amines) is 1. The Morgan fingerprint density at radius 2 is 2.10 bits per heavy atom. The molecule has 0 radical (unpaired) electrons. The van der Waals surface area contributed by atoms with Gasteiger partial charge in [-0.2, -0.15) is 0 Å². The van der Waals surface area contributed by atoms with Crippen LogP contribution in [0.1, 0.15) is 12.5 Å². The molecule has 2 N–H and O–H groups in total. The maximum Gasteiger partial charge on any atom is 0.321 e. The lowest BCUT2D eigenvalue weighted by Gasteiger charge is -2.41. The van der Waals surface area contributed by atoms with E-state index >= 15 is 0 Å². The van der Waals surface area contributed by atoms with Crippen LogP contribution in [0.15, 0.2) is 18.2 Å². The van der Waals surface area contributed by atoms with E-state index in [1.165, 1.54) is 0 Å². The van der Waals surface area contributed by atoms with Crippen molar-refractivity contribution in [2.24, 2.45) is 11.8 Å². The van der Waals surface area contributed by atoms with Crippen molar-refractivity contribution >= 4 is 17.7 Å². The van der Waals surface area contributed by atoms with Crippen LogP contribution in [0.25, 0.3) is 0 Å². The molecule has 114 valence electrons. The van der Waals surface area contributed by atoms with Crippen molar-refractivity contribution in [2.75, 3.05) is 25.5 Å². The van der Waals surface area contributed by atoms with Crippen molar-refractivity contribution in [3.8, 4) is 5.75 Å². The predicted octanol–water partition coefficient (Wildman–Crippen LogP) is 2.19. The van der Waals surface area contributed by atoms with Gasteiger partial charge in [-0.25, -0.2) is 4.79 Å². The third kappa shape index (κ3) is 3.26. The molecule has 0 aromatic heterocycles. The largest absolute Gasteiger partial charge is 0.496 e. The van der Waals surface area contributed by atoms with E-state index in [0.717, 1.165) is 11.3 Å². The summed E-state index contributed by atoms with van der Waals surface area (Å²) < 4.78 is 5.17. The molecular formula is C15H20N2O4. The minimum absolute atomic E-state index is 0.0332. The summed E-state index contributed by atoms with van der Waals surface area (Å²) in [6.07, 6.45) is 0. The second-order valence-electron chi connectivity index (χ2n) is 5.41. The minimum atomic E-state index is -0.814. The molecular weight excluding hydrogens is 272 g/mol. The number of methoxy groups -OCH3 is 1. The SMILES string of the molecule is COc1ccc(NC(=O)N2CC(C(C)C(=O)O)C2)cc1C. The summed E-state index contributed by atoms with van der Waals surface area (Å²) in [7, 11) is 1.60. The minimum Gasteiger partial charge on any atom is -0.496 e. The number of aryl methyl sites for hydroxylation is 1. The number of ether oxygens (including phenoxy) is 1. The standard InChI is InChI=1S/C15H20N2O4/c1-9-6-12(4-5-13(9)21-3)16-15(20)17-7-11(8-17)10(2)14(18)19/h4-6,10-11H,7-8H2,1-3H3,(H,16,20)(H,18,19). The van der Waals surface area contributed by atoms with Crippen LogP contribution >= 0.6 is 0 Å².